The second-order valence-electron chi connectivity index (χ2n) is 7.46. The monoisotopic (exact) mass is 351 g/mol. The van der Waals surface area contributed by atoms with Gasteiger partial charge in [0.05, 0.1) is 0 Å². The number of benzene rings is 1. The summed E-state index contributed by atoms with van der Waals surface area (Å²) in [6.07, 6.45) is 7.76. The fourth-order valence-corrected chi connectivity index (χ4v) is 3.91. The molecule has 0 bridgehead atoms. The molecule has 0 unspecified atom stereocenters. The first-order valence-electron chi connectivity index (χ1n) is 10.0. The fraction of sp³-hybridized carbons (Fsp3) is 0.524. The van der Waals surface area contributed by atoms with Crippen molar-refractivity contribution in [2.45, 2.75) is 45.4 Å². The summed E-state index contributed by atoms with van der Waals surface area (Å²) in [5.41, 5.74) is 3.41. The van der Waals surface area contributed by atoms with E-state index in [1.807, 2.05) is 13.0 Å². The van der Waals surface area contributed by atoms with E-state index >= 15 is 0 Å². The van der Waals surface area contributed by atoms with Crippen molar-refractivity contribution in [3.05, 3.63) is 36.0 Å². The van der Waals surface area contributed by atoms with Gasteiger partial charge < -0.3 is 15.1 Å². The molecule has 0 saturated carbocycles. The molecule has 0 radical (unpaired) electrons. The van der Waals surface area contributed by atoms with Crippen LogP contribution in [0.5, 0.6) is 0 Å². The summed E-state index contributed by atoms with van der Waals surface area (Å²) in [4.78, 5) is 14.2. The van der Waals surface area contributed by atoms with Crippen molar-refractivity contribution >= 4 is 23.1 Å². The molecule has 0 spiro atoms. The summed E-state index contributed by atoms with van der Waals surface area (Å²) >= 11 is 0. The van der Waals surface area contributed by atoms with E-state index < -0.39 is 0 Å². The van der Waals surface area contributed by atoms with E-state index in [1.54, 1.807) is 0 Å². The zero-order valence-corrected chi connectivity index (χ0v) is 15.7. The maximum atomic E-state index is 4.76. The Morgan fingerprint density at radius 2 is 1.38 bits per heavy atom. The smallest absolute Gasteiger partial charge is 0.227 e. The van der Waals surface area contributed by atoms with E-state index in [2.05, 4.69) is 44.4 Å². The Morgan fingerprint density at radius 3 is 2.04 bits per heavy atom. The second kappa shape index (κ2) is 7.94. The van der Waals surface area contributed by atoms with Crippen molar-refractivity contribution in [2.75, 3.05) is 41.3 Å². The van der Waals surface area contributed by atoms with Crippen molar-refractivity contribution in [2.24, 2.45) is 0 Å². The molecule has 4 rings (SSSR count). The van der Waals surface area contributed by atoms with E-state index in [0.29, 0.717) is 0 Å². The lowest BCUT2D eigenvalue weighted by Gasteiger charge is -2.29. The maximum absolute atomic E-state index is 4.76. The van der Waals surface area contributed by atoms with Crippen molar-refractivity contribution < 1.29 is 0 Å². The minimum atomic E-state index is 0.858. The lowest BCUT2D eigenvalue weighted by atomic mass is 10.1. The fourth-order valence-electron chi connectivity index (χ4n) is 3.91. The molecule has 2 fully saturated rings. The third-order valence-corrected chi connectivity index (χ3v) is 5.34. The Morgan fingerprint density at radius 1 is 0.769 bits per heavy atom. The molecule has 0 amide bonds. The number of nitrogens with zero attached hydrogens (tertiary/aromatic N) is 4. The van der Waals surface area contributed by atoms with Gasteiger partial charge in [0.25, 0.3) is 0 Å². The summed E-state index contributed by atoms with van der Waals surface area (Å²) in [5.74, 6) is 1.74. The normalized spacial score (nSPS) is 18.0. The molecule has 5 heteroatoms. The lowest BCUT2D eigenvalue weighted by molar-refractivity contribution is 0.568. The van der Waals surface area contributed by atoms with Crippen molar-refractivity contribution in [3.8, 4) is 0 Å². The molecule has 2 aliphatic rings. The number of hydrogen-bond acceptors (Lipinski definition) is 5. The largest absolute Gasteiger partial charge is 0.372 e. The standard InChI is InChI=1S/C21H29N5/c1-17-16-20(24-21(22-17)26-14-6-3-7-15-26)23-18-8-10-19(11-9-18)25-12-4-2-5-13-25/h8-11,16H,2-7,12-15H2,1H3,(H,22,23,24). The Kier molecular flexibility index (Phi) is 5.23. The first-order chi connectivity index (χ1) is 12.8. The summed E-state index contributed by atoms with van der Waals surface area (Å²) in [6.45, 7) is 6.52. The molecule has 1 aromatic carbocycles. The van der Waals surface area contributed by atoms with Gasteiger partial charge in [0, 0.05) is 49.3 Å². The van der Waals surface area contributed by atoms with Crippen molar-refractivity contribution in [3.63, 3.8) is 0 Å². The molecular weight excluding hydrogens is 322 g/mol. The van der Waals surface area contributed by atoms with Gasteiger partial charge >= 0.3 is 0 Å². The van der Waals surface area contributed by atoms with Crippen LogP contribution in [-0.2, 0) is 0 Å². The predicted octanol–water partition coefficient (Wildman–Crippen LogP) is 4.51. The highest BCUT2D eigenvalue weighted by Gasteiger charge is 2.15. The van der Waals surface area contributed by atoms with Gasteiger partial charge in [-0.25, -0.2) is 4.98 Å². The highest BCUT2D eigenvalue weighted by atomic mass is 15.3. The number of nitrogens with one attached hydrogen (secondary N) is 1. The SMILES string of the molecule is Cc1cc(Nc2ccc(N3CCCCC3)cc2)nc(N2CCCCC2)n1. The molecule has 1 N–H and O–H groups in total. The van der Waals surface area contributed by atoms with Crippen molar-refractivity contribution in [1.29, 1.82) is 0 Å². The van der Waals surface area contributed by atoms with Gasteiger partial charge in [-0.05, 0) is 69.7 Å². The molecule has 0 atom stereocenters. The molecule has 5 nitrogen and oxygen atoms in total. The van der Waals surface area contributed by atoms with Gasteiger partial charge in [0.1, 0.15) is 5.82 Å². The number of aromatic nitrogens is 2. The van der Waals surface area contributed by atoms with Crippen LogP contribution in [0.1, 0.15) is 44.2 Å². The van der Waals surface area contributed by atoms with Gasteiger partial charge in [0.15, 0.2) is 0 Å². The van der Waals surface area contributed by atoms with Gasteiger partial charge in [-0.2, -0.15) is 4.98 Å². The van der Waals surface area contributed by atoms with Crippen LogP contribution >= 0.6 is 0 Å². The Labute approximate surface area is 156 Å². The van der Waals surface area contributed by atoms with E-state index in [4.69, 9.17) is 4.98 Å². The van der Waals surface area contributed by atoms with E-state index in [1.165, 1.54) is 57.3 Å². The topological polar surface area (TPSA) is 44.3 Å². The molecule has 0 aliphatic carbocycles. The van der Waals surface area contributed by atoms with Crippen LogP contribution in [0, 0.1) is 6.92 Å². The van der Waals surface area contributed by atoms with Gasteiger partial charge in [-0.3, -0.25) is 0 Å². The van der Waals surface area contributed by atoms with Gasteiger partial charge in [0.2, 0.25) is 5.95 Å². The lowest BCUT2D eigenvalue weighted by Crippen LogP contribution is -2.31. The summed E-state index contributed by atoms with van der Waals surface area (Å²) < 4.78 is 0. The van der Waals surface area contributed by atoms with Gasteiger partial charge in [-0.15, -0.1) is 0 Å². The highest BCUT2D eigenvalue weighted by Crippen LogP contribution is 2.24. The number of aryl methyl sites for hydroxylation is 1. The quantitative estimate of drug-likeness (QED) is 0.878. The Balaban J connectivity index is 1.47. The molecule has 3 heterocycles. The van der Waals surface area contributed by atoms with Crippen LogP contribution in [-0.4, -0.2) is 36.1 Å². The number of piperidine rings is 2. The summed E-state index contributed by atoms with van der Waals surface area (Å²) in [5, 5.41) is 3.46. The zero-order valence-electron chi connectivity index (χ0n) is 15.7. The molecule has 138 valence electrons. The summed E-state index contributed by atoms with van der Waals surface area (Å²) in [7, 11) is 0. The molecular formula is C21H29N5. The average molecular weight is 351 g/mol. The second-order valence-corrected chi connectivity index (χ2v) is 7.46. The molecule has 2 saturated heterocycles. The average Bonchev–Trinajstić information content (AvgIpc) is 2.69. The molecule has 2 aliphatic heterocycles. The van der Waals surface area contributed by atoms with Gasteiger partial charge in [-0.1, -0.05) is 0 Å². The van der Waals surface area contributed by atoms with E-state index in [9.17, 15) is 0 Å². The number of rotatable bonds is 4. The third kappa shape index (κ3) is 4.09. The zero-order chi connectivity index (χ0) is 17.8. The van der Waals surface area contributed by atoms with Crippen LogP contribution in [0.2, 0.25) is 0 Å². The predicted molar refractivity (Wildman–Crippen MR) is 109 cm³/mol. The number of hydrogen-bond donors (Lipinski definition) is 1. The van der Waals surface area contributed by atoms with E-state index in [0.717, 1.165) is 36.2 Å². The van der Waals surface area contributed by atoms with Crippen LogP contribution in [0.3, 0.4) is 0 Å². The number of anilines is 4. The Hall–Kier alpha value is -2.30. The van der Waals surface area contributed by atoms with Crippen LogP contribution < -0.4 is 15.1 Å². The maximum Gasteiger partial charge on any atom is 0.227 e. The minimum absolute atomic E-state index is 0.858. The molecule has 2 aromatic rings. The molecule has 1 aromatic heterocycles. The van der Waals surface area contributed by atoms with Crippen LogP contribution in [0.25, 0.3) is 0 Å². The first kappa shape index (κ1) is 17.1. The third-order valence-electron chi connectivity index (χ3n) is 5.34. The van der Waals surface area contributed by atoms with Crippen molar-refractivity contribution in [1.82, 2.24) is 9.97 Å². The minimum Gasteiger partial charge on any atom is -0.372 e. The van der Waals surface area contributed by atoms with Crippen LogP contribution in [0.15, 0.2) is 30.3 Å². The molecule has 26 heavy (non-hydrogen) atoms. The first-order valence-corrected chi connectivity index (χ1v) is 10.0. The summed E-state index contributed by atoms with van der Waals surface area (Å²) in [6, 6.07) is 10.8. The van der Waals surface area contributed by atoms with Crippen LogP contribution in [0.4, 0.5) is 23.1 Å². The Bertz CT molecular complexity index is 716. The van der Waals surface area contributed by atoms with E-state index in [-0.39, 0.29) is 0 Å². The highest BCUT2D eigenvalue weighted by molar-refractivity contribution is 5.62.